The zero-order chi connectivity index (χ0) is 20.8. The number of rotatable bonds is 3. The number of benzene rings is 1. The number of amides is 1. The number of piperidine rings is 1. The Balaban J connectivity index is 1.50. The first-order valence-corrected chi connectivity index (χ1v) is 9.75. The monoisotopic (exact) mass is 415 g/mol. The van der Waals surface area contributed by atoms with Gasteiger partial charge in [0.25, 0.3) is 0 Å². The third-order valence-corrected chi connectivity index (χ3v) is 5.59. The molecule has 1 unspecified atom stereocenters. The van der Waals surface area contributed by atoms with Crippen molar-refractivity contribution in [3.05, 3.63) is 35.5 Å². The molecule has 3 aliphatic rings. The third kappa shape index (κ3) is 3.21. The maximum Gasteiger partial charge on any atom is 0.233 e. The highest BCUT2D eigenvalue weighted by Crippen LogP contribution is 2.42. The molecule has 2 saturated heterocycles. The van der Waals surface area contributed by atoms with Crippen LogP contribution in [0.4, 0.5) is 20.4 Å². The van der Waals surface area contributed by atoms with Crippen LogP contribution in [0.3, 0.4) is 0 Å². The molecule has 8 nitrogen and oxygen atoms in total. The highest BCUT2D eigenvalue weighted by Gasteiger charge is 2.37. The van der Waals surface area contributed by atoms with Crippen LogP contribution in [0.2, 0.25) is 0 Å². The summed E-state index contributed by atoms with van der Waals surface area (Å²) in [5, 5.41) is 15.8. The van der Waals surface area contributed by atoms with Crippen molar-refractivity contribution in [2.45, 2.75) is 30.9 Å². The Kier molecular flexibility index (Phi) is 4.67. The Labute approximate surface area is 170 Å². The van der Waals surface area contributed by atoms with Gasteiger partial charge in [0, 0.05) is 30.8 Å². The second-order valence-corrected chi connectivity index (χ2v) is 7.55. The predicted octanol–water partition coefficient (Wildman–Crippen LogP) is 1.67. The summed E-state index contributed by atoms with van der Waals surface area (Å²) in [4.78, 5) is 24.7. The molecular weight excluding hydrogens is 396 g/mol. The van der Waals surface area contributed by atoms with Crippen LogP contribution in [0, 0.1) is 11.6 Å². The fraction of sp³-hybridized carbons (Fsp3) is 0.400. The first kappa shape index (κ1) is 19.0. The molecule has 0 radical (unpaired) electrons. The van der Waals surface area contributed by atoms with Gasteiger partial charge >= 0.3 is 0 Å². The SMILES string of the molecule is O=C1NCCC2=Nc3c(F)cc(-c4nc(N[C@@H]5CCOC[C@H]5O)ncc4F)cc3C12. The minimum absolute atomic E-state index is 0.0968. The maximum absolute atomic E-state index is 14.8. The minimum atomic E-state index is -0.742. The number of carbonyl (C=O) groups excluding carboxylic acids is 1. The van der Waals surface area contributed by atoms with Gasteiger partial charge in [0.15, 0.2) is 5.82 Å². The summed E-state index contributed by atoms with van der Waals surface area (Å²) in [6.45, 7) is 1.13. The average Bonchev–Trinajstić information content (AvgIpc) is 3.12. The molecule has 3 aliphatic heterocycles. The molecule has 1 amide bonds. The number of nitrogens with one attached hydrogen (secondary N) is 2. The van der Waals surface area contributed by atoms with Gasteiger partial charge in [0.1, 0.15) is 23.1 Å². The fourth-order valence-electron chi connectivity index (χ4n) is 4.09. The van der Waals surface area contributed by atoms with Gasteiger partial charge in [0.2, 0.25) is 11.9 Å². The Bertz CT molecular complexity index is 1060. The van der Waals surface area contributed by atoms with Crippen molar-refractivity contribution in [2.75, 3.05) is 25.1 Å². The van der Waals surface area contributed by atoms with E-state index < -0.39 is 23.7 Å². The van der Waals surface area contributed by atoms with Crippen LogP contribution in [-0.2, 0) is 9.53 Å². The van der Waals surface area contributed by atoms with Gasteiger partial charge in [-0.2, -0.15) is 0 Å². The Hall–Kier alpha value is -2.98. The van der Waals surface area contributed by atoms with Crippen molar-refractivity contribution in [2.24, 2.45) is 4.99 Å². The number of aliphatic hydroxyl groups excluding tert-OH is 1. The summed E-state index contributed by atoms with van der Waals surface area (Å²) >= 11 is 0. The van der Waals surface area contributed by atoms with Crippen LogP contribution in [-0.4, -0.2) is 58.6 Å². The number of fused-ring (bicyclic) bond motifs is 3. The molecule has 4 heterocycles. The Morgan fingerprint density at radius 2 is 2.13 bits per heavy atom. The number of ether oxygens (including phenoxy) is 1. The lowest BCUT2D eigenvalue weighted by Crippen LogP contribution is -2.42. The van der Waals surface area contributed by atoms with Crippen molar-refractivity contribution in [1.29, 1.82) is 0 Å². The van der Waals surface area contributed by atoms with E-state index in [2.05, 4.69) is 25.6 Å². The van der Waals surface area contributed by atoms with E-state index in [4.69, 9.17) is 4.74 Å². The lowest BCUT2D eigenvalue weighted by Gasteiger charge is -2.28. The number of anilines is 1. The molecule has 0 aliphatic carbocycles. The largest absolute Gasteiger partial charge is 0.389 e. The van der Waals surface area contributed by atoms with Crippen LogP contribution >= 0.6 is 0 Å². The zero-order valence-electron chi connectivity index (χ0n) is 15.9. The Morgan fingerprint density at radius 3 is 2.97 bits per heavy atom. The minimum Gasteiger partial charge on any atom is -0.389 e. The lowest BCUT2D eigenvalue weighted by atomic mass is 9.89. The summed E-state index contributed by atoms with van der Waals surface area (Å²) in [5.41, 5.74) is 1.24. The normalized spacial score (nSPS) is 25.2. The van der Waals surface area contributed by atoms with E-state index in [0.717, 1.165) is 12.3 Å². The quantitative estimate of drug-likeness (QED) is 0.704. The fourth-order valence-corrected chi connectivity index (χ4v) is 4.09. The Morgan fingerprint density at radius 1 is 1.27 bits per heavy atom. The first-order valence-electron chi connectivity index (χ1n) is 9.75. The number of carbonyl (C=O) groups is 1. The van der Waals surface area contributed by atoms with Crippen LogP contribution in [0.1, 0.15) is 24.3 Å². The molecule has 1 aromatic heterocycles. The van der Waals surface area contributed by atoms with Gasteiger partial charge in [-0.1, -0.05) is 0 Å². The van der Waals surface area contributed by atoms with Gasteiger partial charge in [-0.05, 0) is 24.1 Å². The molecule has 2 aromatic rings. The van der Waals surface area contributed by atoms with E-state index in [-0.39, 0.29) is 41.4 Å². The van der Waals surface area contributed by atoms with Crippen molar-refractivity contribution in [3.8, 4) is 11.3 Å². The summed E-state index contributed by atoms with van der Waals surface area (Å²) in [5.74, 6) is -2.15. The number of aliphatic imine (C=N–C) groups is 1. The number of aromatic nitrogens is 2. The van der Waals surface area contributed by atoms with Gasteiger partial charge in [0.05, 0.1) is 24.9 Å². The van der Waals surface area contributed by atoms with Crippen molar-refractivity contribution in [3.63, 3.8) is 0 Å². The maximum atomic E-state index is 14.8. The van der Waals surface area contributed by atoms with Crippen LogP contribution < -0.4 is 10.6 Å². The molecule has 1 aromatic carbocycles. The van der Waals surface area contributed by atoms with Crippen LogP contribution in [0.15, 0.2) is 23.3 Å². The standard InChI is InChI=1S/C20H19F2N5O3/c21-11-6-9(5-10-16-14(25-18(10)11)1-3-23-19(16)29)17-12(22)7-24-20(27-17)26-13-2-4-30-8-15(13)28/h5-7,13,15-16,28H,1-4,8H2,(H,23,29)(H,24,26,27)/t13-,15-,16?/m1/s1. The average molecular weight is 415 g/mol. The third-order valence-electron chi connectivity index (χ3n) is 5.59. The smallest absolute Gasteiger partial charge is 0.233 e. The topological polar surface area (TPSA) is 109 Å². The van der Waals surface area contributed by atoms with Gasteiger partial charge < -0.3 is 20.5 Å². The highest BCUT2D eigenvalue weighted by atomic mass is 19.1. The second kappa shape index (κ2) is 7.37. The molecule has 0 saturated carbocycles. The summed E-state index contributed by atoms with van der Waals surface area (Å²) in [6.07, 6.45) is 1.34. The van der Waals surface area contributed by atoms with Crippen LogP contribution in [0.5, 0.6) is 0 Å². The van der Waals surface area contributed by atoms with Crippen molar-refractivity contribution < 1.29 is 23.4 Å². The van der Waals surface area contributed by atoms with E-state index in [9.17, 15) is 18.7 Å². The molecule has 10 heteroatoms. The number of hydrogen-bond acceptors (Lipinski definition) is 7. The highest BCUT2D eigenvalue weighted by molar-refractivity contribution is 6.15. The molecule has 156 valence electrons. The predicted molar refractivity (Wildman–Crippen MR) is 104 cm³/mol. The summed E-state index contributed by atoms with van der Waals surface area (Å²) < 4.78 is 34.5. The van der Waals surface area contributed by atoms with Gasteiger partial charge in [-0.15, -0.1) is 0 Å². The molecule has 5 rings (SSSR count). The molecule has 0 spiro atoms. The number of nitrogens with zero attached hydrogens (tertiary/aromatic N) is 3. The first-order chi connectivity index (χ1) is 14.5. The number of aliphatic hydroxyl groups is 1. The molecule has 2 fully saturated rings. The van der Waals surface area contributed by atoms with Crippen molar-refractivity contribution >= 4 is 23.3 Å². The van der Waals surface area contributed by atoms with Gasteiger partial charge in [-0.25, -0.2) is 18.7 Å². The van der Waals surface area contributed by atoms with Crippen molar-refractivity contribution in [1.82, 2.24) is 15.3 Å². The van der Waals surface area contributed by atoms with E-state index in [1.54, 1.807) is 6.07 Å². The van der Waals surface area contributed by atoms with Gasteiger partial charge in [-0.3, -0.25) is 9.79 Å². The molecule has 3 atom stereocenters. The van der Waals surface area contributed by atoms with E-state index in [0.29, 0.717) is 37.3 Å². The summed E-state index contributed by atoms with van der Waals surface area (Å²) in [7, 11) is 0. The molecular formula is C20H19F2N5O3. The molecule has 0 bridgehead atoms. The molecule has 3 N–H and O–H groups in total. The number of halogens is 2. The summed E-state index contributed by atoms with van der Waals surface area (Å²) in [6, 6.07) is 2.38. The van der Waals surface area contributed by atoms with E-state index in [1.165, 1.54) is 0 Å². The molecule has 30 heavy (non-hydrogen) atoms. The zero-order valence-corrected chi connectivity index (χ0v) is 15.9. The van der Waals surface area contributed by atoms with E-state index in [1.807, 2.05) is 0 Å². The van der Waals surface area contributed by atoms with E-state index >= 15 is 0 Å². The van der Waals surface area contributed by atoms with Crippen LogP contribution in [0.25, 0.3) is 11.3 Å². The number of hydrogen-bond donors (Lipinski definition) is 3. The second-order valence-electron chi connectivity index (χ2n) is 7.55. The lowest BCUT2D eigenvalue weighted by molar-refractivity contribution is -0.121.